The van der Waals surface area contributed by atoms with Crippen molar-refractivity contribution in [2.24, 2.45) is 0 Å². The Morgan fingerprint density at radius 1 is 1.05 bits per heavy atom. The van der Waals surface area contributed by atoms with E-state index < -0.39 is 0 Å². The Morgan fingerprint density at radius 2 is 1.71 bits per heavy atom. The number of amides is 1. The number of nitrogens with one attached hydrogen (secondary N) is 3. The third-order valence-corrected chi connectivity index (χ3v) is 3.01. The molecule has 0 radical (unpaired) electrons. The summed E-state index contributed by atoms with van der Waals surface area (Å²) in [5.41, 5.74) is 1.10. The van der Waals surface area contributed by atoms with Gasteiger partial charge in [0.05, 0.1) is 0 Å². The van der Waals surface area contributed by atoms with Gasteiger partial charge in [-0.15, -0.1) is 0 Å². The van der Waals surface area contributed by atoms with Crippen LogP contribution in [0.4, 0.5) is 11.6 Å². The van der Waals surface area contributed by atoms with Crippen LogP contribution in [-0.2, 0) is 11.2 Å². The van der Waals surface area contributed by atoms with Crippen LogP contribution in [0.1, 0.15) is 45.6 Å². The molecular weight excluding hydrogens is 266 g/mol. The third kappa shape index (κ3) is 5.97. The van der Waals surface area contributed by atoms with Crippen LogP contribution in [0.15, 0.2) is 6.33 Å². The van der Waals surface area contributed by atoms with Gasteiger partial charge in [-0.2, -0.15) is 0 Å². The molecule has 6 nitrogen and oxygen atoms in total. The van der Waals surface area contributed by atoms with Crippen molar-refractivity contribution in [3.63, 3.8) is 0 Å². The second kappa shape index (κ2) is 9.96. The van der Waals surface area contributed by atoms with Gasteiger partial charge >= 0.3 is 0 Å². The molecule has 0 aliphatic rings. The van der Waals surface area contributed by atoms with Gasteiger partial charge in [-0.05, 0) is 19.8 Å². The first-order chi connectivity index (χ1) is 10.2. The molecule has 0 saturated heterocycles. The van der Waals surface area contributed by atoms with Crippen molar-refractivity contribution in [1.29, 1.82) is 0 Å². The Kier molecular flexibility index (Phi) is 8.16. The molecule has 0 spiro atoms. The minimum absolute atomic E-state index is 0.0560. The van der Waals surface area contributed by atoms with E-state index in [0.29, 0.717) is 19.5 Å². The van der Waals surface area contributed by atoms with Gasteiger partial charge in [0.15, 0.2) is 0 Å². The molecule has 3 N–H and O–H groups in total. The third-order valence-electron chi connectivity index (χ3n) is 3.01. The zero-order valence-corrected chi connectivity index (χ0v) is 13.3. The molecule has 6 heteroatoms. The van der Waals surface area contributed by atoms with Crippen LogP contribution >= 0.6 is 0 Å². The van der Waals surface area contributed by atoms with Crippen molar-refractivity contribution in [3.05, 3.63) is 11.9 Å². The summed E-state index contributed by atoms with van der Waals surface area (Å²) in [5.74, 6) is 1.78. The molecule has 21 heavy (non-hydrogen) atoms. The average Bonchev–Trinajstić information content (AvgIpc) is 2.47. The first kappa shape index (κ1) is 17.2. The van der Waals surface area contributed by atoms with Crippen molar-refractivity contribution in [2.45, 2.75) is 46.5 Å². The molecular formula is C15H27N5O. The summed E-state index contributed by atoms with van der Waals surface area (Å²) in [7, 11) is 0. The number of aromatic nitrogens is 2. The lowest BCUT2D eigenvalue weighted by molar-refractivity contribution is -0.120. The first-order valence-corrected chi connectivity index (χ1v) is 7.81. The molecule has 0 fully saturated rings. The standard InChI is InChI=1S/C15H27N5O/c1-4-7-12-14(17-9-5-2)19-11-20-15(12)18-10-8-13(21)16-6-3/h11H,4-10H2,1-3H3,(H,16,21)(H2,17,18,19,20). The fraction of sp³-hybridized carbons (Fsp3) is 0.667. The van der Waals surface area contributed by atoms with E-state index in [2.05, 4.69) is 39.8 Å². The molecule has 0 aliphatic heterocycles. The lowest BCUT2D eigenvalue weighted by Crippen LogP contribution is -2.25. The summed E-state index contributed by atoms with van der Waals surface area (Å²) >= 11 is 0. The van der Waals surface area contributed by atoms with E-state index in [-0.39, 0.29) is 5.91 Å². The maximum atomic E-state index is 11.5. The van der Waals surface area contributed by atoms with Crippen molar-refractivity contribution in [1.82, 2.24) is 15.3 Å². The van der Waals surface area contributed by atoms with Crippen molar-refractivity contribution in [3.8, 4) is 0 Å². The largest absolute Gasteiger partial charge is 0.370 e. The average molecular weight is 293 g/mol. The van der Waals surface area contributed by atoms with E-state index in [1.54, 1.807) is 6.33 Å². The fourth-order valence-electron chi connectivity index (χ4n) is 2.03. The van der Waals surface area contributed by atoms with Gasteiger partial charge in [0.2, 0.25) is 5.91 Å². The van der Waals surface area contributed by atoms with Gasteiger partial charge < -0.3 is 16.0 Å². The maximum absolute atomic E-state index is 11.5. The van der Waals surface area contributed by atoms with E-state index >= 15 is 0 Å². The van der Waals surface area contributed by atoms with Crippen LogP contribution in [0.5, 0.6) is 0 Å². The highest BCUT2D eigenvalue weighted by atomic mass is 16.1. The molecule has 1 rings (SSSR count). The summed E-state index contributed by atoms with van der Waals surface area (Å²) in [5, 5.41) is 9.38. The monoisotopic (exact) mass is 293 g/mol. The molecule has 0 saturated carbocycles. The molecule has 0 aromatic carbocycles. The number of hydrogen-bond donors (Lipinski definition) is 3. The zero-order chi connectivity index (χ0) is 15.5. The predicted molar refractivity (Wildman–Crippen MR) is 86.6 cm³/mol. The van der Waals surface area contributed by atoms with Gasteiger partial charge in [-0.1, -0.05) is 20.3 Å². The predicted octanol–water partition coefficient (Wildman–Crippen LogP) is 2.19. The molecule has 1 aromatic heterocycles. The Morgan fingerprint density at radius 3 is 2.29 bits per heavy atom. The van der Waals surface area contributed by atoms with Crippen LogP contribution < -0.4 is 16.0 Å². The van der Waals surface area contributed by atoms with Crippen LogP contribution in [0.25, 0.3) is 0 Å². The van der Waals surface area contributed by atoms with Gasteiger partial charge in [-0.25, -0.2) is 9.97 Å². The molecule has 118 valence electrons. The normalized spacial score (nSPS) is 10.2. The Labute approximate surface area is 127 Å². The second-order valence-electron chi connectivity index (χ2n) is 4.86. The molecule has 0 unspecified atom stereocenters. The van der Waals surface area contributed by atoms with Gasteiger partial charge in [0, 0.05) is 31.6 Å². The highest BCUT2D eigenvalue weighted by Crippen LogP contribution is 2.21. The molecule has 1 aromatic rings. The molecule has 1 amide bonds. The smallest absolute Gasteiger partial charge is 0.221 e. The summed E-state index contributed by atoms with van der Waals surface area (Å²) in [6.45, 7) is 8.31. The quantitative estimate of drug-likeness (QED) is 0.616. The van der Waals surface area contributed by atoms with Crippen molar-refractivity contribution in [2.75, 3.05) is 30.3 Å². The van der Waals surface area contributed by atoms with E-state index in [0.717, 1.165) is 43.0 Å². The summed E-state index contributed by atoms with van der Waals surface area (Å²) in [4.78, 5) is 20.1. The number of anilines is 2. The molecule has 0 aliphatic carbocycles. The Bertz CT molecular complexity index is 436. The van der Waals surface area contributed by atoms with Crippen molar-refractivity contribution >= 4 is 17.5 Å². The number of nitrogens with zero attached hydrogens (tertiary/aromatic N) is 2. The van der Waals surface area contributed by atoms with Crippen LogP contribution in [-0.4, -0.2) is 35.5 Å². The van der Waals surface area contributed by atoms with Crippen LogP contribution in [0.3, 0.4) is 0 Å². The summed E-state index contributed by atoms with van der Waals surface area (Å²) in [6, 6.07) is 0. The van der Waals surface area contributed by atoms with Gasteiger partial charge in [0.25, 0.3) is 0 Å². The Balaban J connectivity index is 2.68. The fourth-order valence-corrected chi connectivity index (χ4v) is 2.03. The SMILES string of the molecule is CCCNc1ncnc(NCCC(=O)NCC)c1CCC. The second-order valence-corrected chi connectivity index (χ2v) is 4.86. The van der Waals surface area contributed by atoms with Crippen molar-refractivity contribution < 1.29 is 4.79 Å². The highest BCUT2D eigenvalue weighted by Gasteiger charge is 2.10. The van der Waals surface area contributed by atoms with Crippen LogP contribution in [0.2, 0.25) is 0 Å². The minimum atomic E-state index is 0.0560. The van der Waals surface area contributed by atoms with E-state index in [4.69, 9.17) is 0 Å². The van der Waals surface area contributed by atoms with Gasteiger partial charge in [0.1, 0.15) is 18.0 Å². The number of carbonyl (C=O) groups is 1. The summed E-state index contributed by atoms with van der Waals surface area (Å²) < 4.78 is 0. The Hall–Kier alpha value is -1.85. The molecule has 0 bridgehead atoms. The highest BCUT2D eigenvalue weighted by molar-refractivity contribution is 5.76. The topological polar surface area (TPSA) is 78.9 Å². The molecule has 0 atom stereocenters. The maximum Gasteiger partial charge on any atom is 0.221 e. The number of rotatable bonds is 10. The van der Waals surface area contributed by atoms with Crippen LogP contribution in [0, 0.1) is 0 Å². The lowest BCUT2D eigenvalue weighted by atomic mass is 10.1. The number of hydrogen-bond acceptors (Lipinski definition) is 5. The first-order valence-electron chi connectivity index (χ1n) is 7.81. The zero-order valence-electron chi connectivity index (χ0n) is 13.3. The lowest BCUT2D eigenvalue weighted by Gasteiger charge is -2.14. The number of carbonyl (C=O) groups excluding carboxylic acids is 1. The van der Waals surface area contributed by atoms with E-state index in [1.807, 2.05) is 6.92 Å². The molecule has 1 heterocycles. The summed E-state index contributed by atoms with van der Waals surface area (Å²) in [6.07, 6.45) is 5.00. The van der Waals surface area contributed by atoms with E-state index in [9.17, 15) is 4.79 Å². The minimum Gasteiger partial charge on any atom is -0.370 e. The van der Waals surface area contributed by atoms with Gasteiger partial charge in [-0.3, -0.25) is 4.79 Å². The van der Waals surface area contributed by atoms with E-state index in [1.165, 1.54) is 0 Å².